The van der Waals surface area contributed by atoms with Gasteiger partial charge < -0.3 is 14.6 Å². The van der Waals surface area contributed by atoms with E-state index in [2.05, 4.69) is 31.2 Å². The van der Waals surface area contributed by atoms with Crippen LogP contribution in [0.1, 0.15) is 68.6 Å². The van der Waals surface area contributed by atoms with E-state index >= 15 is 0 Å². The molecule has 0 bridgehead atoms. The van der Waals surface area contributed by atoms with Gasteiger partial charge in [-0.15, -0.1) is 0 Å². The lowest BCUT2D eigenvalue weighted by atomic mass is 10.0. The quantitative estimate of drug-likeness (QED) is 0.246. The number of aliphatic hydroxyl groups excluding tert-OH is 1. The molecule has 176 valence electrons. The summed E-state index contributed by atoms with van der Waals surface area (Å²) in [6, 6.07) is 26.3. The van der Waals surface area contributed by atoms with Gasteiger partial charge in [0.15, 0.2) is 11.5 Å². The Morgan fingerprint density at radius 3 is 1.85 bits per heavy atom. The van der Waals surface area contributed by atoms with Crippen molar-refractivity contribution in [2.24, 2.45) is 0 Å². The number of aliphatic hydroxyl groups is 1. The fourth-order valence-electron chi connectivity index (χ4n) is 3.92. The van der Waals surface area contributed by atoms with Crippen molar-refractivity contribution in [3.63, 3.8) is 0 Å². The molecule has 0 saturated heterocycles. The van der Waals surface area contributed by atoms with Crippen LogP contribution in [0.4, 0.5) is 0 Å². The molecule has 1 N–H and O–H groups in total. The van der Waals surface area contributed by atoms with Crippen LogP contribution in [0.2, 0.25) is 0 Å². The summed E-state index contributed by atoms with van der Waals surface area (Å²) in [6.45, 7) is 3.20. The van der Waals surface area contributed by atoms with Crippen molar-refractivity contribution >= 4 is 0 Å². The Morgan fingerprint density at radius 2 is 1.21 bits per heavy atom. The maximum atomic E-state index is 10.6. The maximum absolute atomic E-state index is 10.6. The van der Waals surface area contributed by atoms with Crippen LogP contribution in [0, 0.1) is 0 Å². The van der Waals surface area contributed by atoms with E-state index in [0.29, 0.717) is 19.6 Å². The third kappa shape index (κ3) is 9.31. The molecule has 0 spiro atoms. The Labute approximate surface area is 199 Å². The molecule has 0 aromatic heterocycles. The molecule has 1 atom stereocenters. The molecule has 3 aromatic carbocycles. The fourth-order valence-corrected chi connectivity index (χ4v) is 3.92. The lowest BCUT2D eigenvalue weighted by Gasteiger charge is -2.16. The number of hydrogen-bond donors (Lipinski definition) is 1. The second-order valence-electron chi connectivity index (χ2n) is 8.74. The van der Waals surface area contributed by atoms with Gasteiger partial charge in [0.2, 0.25) is 0 Å². The Bertz CT molecular complexity index is 908. The highest BCUT2D eigenvalue weighted by atomic mass is 16.5. The van der Waals surface area contributed by atoms with E-state index in [1.165, 1.54) is 32.1 Å². The average Bonchev–Trinajstić information content (AvgIpc) is 2.85. The van der Waals surface area contributed by atoms with Gasteiger partial charge in [0.1, 0.15) is 13.2 Å². The second-order valence-corrected chi connectivity index (χ2v) is 8.74. The molecule has 0 fully saturated rings. The minimum atomic E-state index is -0.325. The van der Waals surface area contributed by atoms with Crippen molar-refractivity contribution in [3.8, 4) is 11.5 Å². The number of rotatable bonds is 15. The summed E-state index contributed by atoms with van der Waals surface area (Å²) in [6.07, 6.45) is 8.60. The van der Waals surface area contributed by atoms with Gasteiger partial charge in [-0.2, -0.15) is 0 Å². The Hall–Kier alpha value is -2.78. The van der Waals surface area contributed by atoms with Crippen LogP contribution in [0.25, 0.3) is 0 Å². The molecule has 0 saturated carbocycles. The van der Waals surface area contributed by atoms with Gasteiger partial charge in [0.25, 0.3) is 0 Å². The number of ether oxygens (including phenoxy) is 2. The number of unbranched alkanes of at least 4 members (excludes halogenated alkanes) is 5. The zero-order valence-electron chi connectivity index (χ0n) is 19.9. The van der Waals surface area contributed by atoms with Crippen LogP contribution < -0.4 is 9.47 Å². The van der Waals surface area contributed by atoms with Crippen molar-refractivity contribution in [2.45, 2.75) is 77.6 Å². The van der Waals surface area contributed by atoms with Crippen molar-refractivity contribution in [1.29, 1.82) is 0 Å². The topological polar surface area (TPSA) is 38.7 Å². The standard InChI is InChI=1S/C30H38O3/c1-2-3-4-5-6-13-18-28(31)21-27-19-20-29(32-23-25-14-9-7-10-15-25)30(22-27)33-24-26-16-11-8-12-17-26/h7-12,14-17,19-20,22,28,31H,2-6,13,18,21,23-24H2,1H3. The normalized spacial score (nSPS) is 11.8. The highest BCUT2D eigenvalue weighted by molar-refractivity contribution is 5.43. The third-order valence-electron chi connectivity index (χ3n) is 5.84. The first kappa shape index (κ1) is 24.9. The van der Waals surface area contributed by atoms with Gasteiger partial charge in [0, 0.05) is 0 Å². The molecule has 0 aliphatic carbocycles. The zero-order chi connectivity index (χ0) is 23.1. The molecular formula is C30H38O3. The SMILES string of the molecule is CCCCCCCCC(O)Cc1ccc(OCc2ccccc2)c(OCc2ccccc2)c1. The summed E-state index contributed by atoms with van der Waals surface area (Å²) in [5, 5.41) is 10.6. The molecule has 0 amide bonds. The van der Waals surface area contributed by atoms with Crippen LogP contribution in [0.3, 0.4) is 0 Å². The molecule has 3 nitrogen and oxygen atoms in total. The van der Waals surface area contributed by atoms with Gasteiger partial charge in [-0.3, -0.25) is 0 Å². The molecule has 33 heavy (non-hydrogen) atoms. The van der Waals surface area contributed by atoms with E-state index in [9.17, 15) is 5.11 Å². The molecule has 3 rings (SSSR count). The van der Waals surface area contributed by atoms with E-state index in [0.717, 1.165) is 41.0 Å². The molecule has 3 aromatic rings. The summed E-state index contributed by atoms with van der Waals surface area (Å²) in [5.41, 5.74) is 3.30. The minimum Gasteiger partial charge on any atom is -0.485 e. The van der Waals surface area contributed by atoms with Crippen molar-refractivity contribution in [2.75, 3.05) is 0 Å². The van der Waals surface area contributed by atoms with Gasteiger partial charge in [-0.05, 0) is 41.7 Å². The predicted octanol–water partition coefficient (Wildman–Crippen LogP) is 7.50. The molecular weight excluding hydrogens is 408 g/mol. The molecule has 0 aliphatic heterocycles. The highest BCUT2D eigenvalue weighted by Crippen LogP contribution is 2.31. The van der Waals surface area contributed by atoms with Crippen LogP contribution >= 0.6 is 0 Å². The fraction of sp³-hybridized carbons (Fsp3) is 0.400. The summed E-state index contributed by atoms with van der Waals surface area (Å²) >= 11 is 0. The molecule has 1 unspecified atom stereocenters. The minimum absolute atomic E-state index is 0.325. The van der Waals surface area contributed by atoms with Crippen LogP contribution in [-0.2, 0) is 19.6 Å². The largest absolute Gasteiger partial charge is 0.485 e. The van der Waals surface area contributed by atoms with Crippen LogP contribution in [0.5, 0.6) is 11.5 Å². The predicted molar refractivity (Wildman–Crippen MR) is 136 cm³/mol. The first-order chi connectivity index (χ1) is 16.2. The maximum Gasteiger partial charge on any atom is 0.161 e. The van der Waals surface area contributed by atoms with Gasteiger partial charge in [-0.25, -0.2) is 0 Å². The number of benzene rings is 3. The molecule has 3 heteroatoms. The monoisotopic (exact) mass is 446 g/mol. The first-order valence-electron chi connectivity index (χ1n) is 12.4. The summed E-state index contributed by atoms with van der Waals surface area (Å²) < 4.78 is 12.3. The van der Waals surface area contributed by atoms with Crippen LogP contribution in [-0.4, -0.2) is 11.2 Å². The van der Waals surface area contributed by atoms with Crippen molar-refractivity contribution in [3.05, 3.63) is 95.6 Å². The van der Waals surface area contributed by atoms with Gasteiger partial charge >= 0.3 is 0 Å². The molecule has 0 aliphatic rings. The van der Waals surface area contributed by atoms with Crippen molar-refractivity contribution < 1.29 is 14.6 Å². The van der Waals surface area contributed by atoms with E-state index in [4.69, 9.17) is 9.47 Å². The van der Waals surface area contributed by atoms with E-state index in [1.54, 1.807) is 0 Å². The lowest BCUT2D eigenvalue weighted by Crippen LogP contribution is -2.10. The second kappa shape index (κ2) is 14.4. The van der Waals surface area contributed by atoms with Gasteiger partial charge in [0.05, 0.1) is 6.10 Å². The molecule has 0 radical (unpaired) electrons. The highest BCUT2D eigenvalue weighted by Gasteiger charge is 2.11. The number of hydrogen-bond acceptors (Lipinski definition) is 3. The van der Waals surface area contributed by atoms with E-state index < -0.39 is 0 Å². The van der Waals surface area contributed by atoms with E-state index in [1.807, 2.05) is 54.6 Å². The van der Waals surface area contributed by atoms with Crippen molar-refractivity contribution in [1.82, 2.24) is 0 Å². The van der Waals surface area contributed by atoms with E-state index in [-0.39, 0.29) is 6.10 Å². The smallest absolute Gasteiger partial charge is 0.161 e. The average molecular weight is 447 g/mol. The Kier molecular flexibility index (Phi) is 10.8. The third-order valence-corrected chi connectivity index (χ3v) is 5.84. The first-order valence-corrected chi connectivity index (χ1v) is 12.4. The van der Waals surface area contributed by atoms with Gasteiger partial charge in [-0.1, -0.05) is 112 Å². The summed E-state index contributed by atoms with van der Waals surface area (Å²) in [5.74, 6) is 1.45. The Balaban J connectivity index is 1.59. The van der Waals surface area contributed by atoms with Crippen LogP contribution in [0.15, 0.2) is 78.9 Å². The summed E-state index contributed by atoms with van der Waals surface area (Å²) in [7, 11) is 0. The Morgan fingerprint density at radius 1 is 0.636 bits per heavy atom. The lowest BCUT2D eigenvalue weighted by molar-refractivity contribution is 0.160. The molecule has 0 heterocycles. The zero-order valence-corrected chi connectivity index (χ0v) is 19.9. The summed E-state index contributed by atoms with van der Waals surface area (Å²) in [4.78, 5) is 0.